The second-order valence-corrected chi connectivity index (χ2v) is 6.88. The Bertz CT molecular complexity index is 759. The number of Topliss-reactive ketones (excluding diaryl/α,β-unsaturated/α-hetero) is 1. The first-order valence-corrected chi connectivity index (χ1v) is 9.39. The molecule has 7 nitrogen and oxygen atoms in total. The fourth-order valence-electron chi connectivity index (χ4n) is 3.64. The van der Waals surface area contributed by atoms with Crippen molar-refractivity contribution >= 4 is 23.3 Å². The molecule has 2 rings (SSSR count). The van der Waals surface area contributed by atoms with E-state index in [1.807, 2.05) is 6.92 Å². The van der Waals surface area contributed by atoms with E-state index in [4.69, 9.17) is 15.2 Å². The van der Waals surface area contributed by atoms with Crippen LogP contribution in [0.25, 0.3) is 0 Å². The van der Waals surface area contributed by atoms with Crippen LogP contribution in [0.5, 0.6) is 0 Å². The minimum atomic E-state index is -0.485. The number of ether oxygens (including phenoxy) is 2. The lowest BCUT2D eigenvalue weighted by molar-refractivity contribution is -0.140. The van der Waals surface area contributed by atoms with Gasteiger partial charge in [0.1, 0.15) is 0 Å². The van der Waals surface area contributed by atoms with Crippen LogP contribution in [-0.2, 0) is 19.1 Å². The average Bonchev–Trinajstić information content (AvgIpc) is 2.70. The first kappa shape index (κ1) is 21.5. The number of nitrogen functional groups attached to an aromatic ring is 1. The van der Waals surface area contributed by atoms with Crippen molar-refractivity contribution in [3.05, 3.63) is 41.7 Å². The topological polar surface area (TPSA) is 98.9 Å². The van der Waals surface area contributed by atoms with Crippen LogP contribution in [0, 0.1) is 11.8 Å². The molecule has 2 N–H and O–H groups in total. The average molecular weight is 388 g/mol. The fraction of sp³-hybridized carbons (Fsp3) is 0.476. The van der Waals surface area contributed by atoms with E-state index in [1.165, 1.54) is 20.5 Å². The Morgan fingerprint density at radius 1 is 1.29 bits per heavy atom. The standard InChI is InChI=1S/C21H28N2O5/c1-4-14-12-23(10-9-19(24)15-7-5-6-8-18(15)22)20(25)11-16(14)17(13-27-2)21(26)28-3/h5-8,13-14,16H,4,9-12,22H2,1-3H3/b17-13+/t14-,16-/m0/s1. The highest BCUT2D eigenvalue weighted by Crippen LogP contribution is 2.33. The number of hydrogen-bond donors (Lipinski definition) is 1. The number of nitrogens with two attached hydrogens (primary N) is 1. The summed E-state index contributed by atoms with van der Waals surface area (Å²) in [4.78, 5) is 38.9. The summed E-state index contributed by atoms with van der Waals surface area (Å²) in [6, 6.07) is 6.93. The van der Waals surface area contributed by atoms with E-state index in [0.717, 1.165) is 6.42 Å². The summed E-state index contributed by atoms with van der Waals surface area (Å²) >= 11 is 0. The van der Waals surface area contributed by atoms with Crippen molar-refractivity contribution in [1.29, 1.82) is 0 Å². The Morgan fingerprint density at radius 3 is 2.61 bits per heavy atom. The molecule has 1 aliphatic rings. The summed E-state index contributed by atoms with van der Waals surface area (Å²) in [6.45, 7) is 2.83. The molecule has 152 valence electrons. The van der Waals surface area contributed by atoms with Crippen molar-refractivity contribution in [3.8, 4) is 0 Å². The number of nitrogens with zero attached hydrogens (tertiary/aromatic N) is 1. The minimum Gasteiger partial charge on any atom is -0.504 e. The number of carbonyl (C=O) groups excluding carboxylic acids is 3. The molecule has 0 bridgehead atoms. The Balaban J connectivity index is 2.07. The summed E-state index contributed by atoms with van der Waals surface area (Å²) in [5.41, 5.74) is 7.15. The second kappa shape index (κ2) is 9.92. The summed E-state index contributed by atoms with van der Waals surface area (Å²) in [6.07, 6.45) is 2.54. The van der Waals surface area contributed by atoms with Crippen LogP contribution in [0.3, 0.4) is 0 Å². The van der Waals surface area contributed by atoms with Crippen molar-refractivity contribution < 1.29 is 23.9 Å². The number of anilines is 1. The lowest BCUT2D eigenvalue weighted by Gasteiger charge is -2.38. The maximum absolute atomic E-state index is 12.7. The molecule has 1 aliphatic heterocycles. The molecule has 7 heteroatoms. The number of methoxy groups -OCH3 is 2. The first-order chi connectivity index (χ1) is 13.4. The van der Waals surface area contributed by atoms with Crippen LogP contribution >= 0.6 is 0 Å². The van der Waals surface area contributed by atoms with E-state index in [1.54, 1.807) is 29.2 Å². The Hall–Kier alpha value is -2.83. The van der Waals surface area contributed by atoms with E-state index in [-0.39, 0.29) is 36.4 Å². The molecule has 0 aliphatic carbocycles. The Morgan fingerprint density at radius 2 is 2.00 bits per heavy atom. The third-order valence-corrected chi connectivity index (χ3v) is 5.23. The zero-order valence-electron chi connectivity index (χ0n) is 16.6. The number of benzene rings is 1. The highest BCUT2D eigenvalue weighted by molar-refractivity contribution is 6.01. The molecule has 28 heavy (non-hydrogen) atoms. The van der Waals surface area contributed by atoms with Gasteiger partial charge in [0.15, 0.2) is 5.78 Å². The quantitative estimate of drug-likeness (QED) is 0.241. The van der Waals surface area contributed by atoms with Crippen molar-refractivity contribution in [3.63, 3.8) is 0 Å². The van der Waals surface area contributed by atoms with E-state index < -0.39 is 5.97 Å². The highest BCUT2D eigenvalue weighted by Gasteiger charge is 2.38. The monoisotopic (exact) mass is 388 g/mol. The summed E-state index contributed by atoms with van der Waals surface area (Å²) in [7, 11) is 2.77. The maximum atomic E-state index is 12.7. The molecule has 0 saturated carbocycles. The van der Waals surface area contributed by atoms with Crippen molar-refractivity contribution in [1.82, 2.24) is 4.90 Å². The van der Waals surface area contributed by atoms with Gasteiger partial charge in [-0.1, -0.05) is 25.5 Å². The third kappa shape index (κ3) is 4.91. The largest absolute Gasteiger partial charge is 0.504 e. The van der Waals surface area contributed by atoms with Gasteiger partial charge in [0, 0.05) is 43.1 Å². The molecule has 1 fully saturated rings. The molecular formula is C21H28N2O5. The van der Waals surface area contributed by atoms with Crippen LogP contribution in [-0.4, -0.2) is 49.9 Å². The number of likely N-dealkylation sites (tertiary alicyclic amines) is 1. The van der Waals surface area contributed by atoms with Gasteiger partial charge >= 0.3 is 5.97 Å². The molecule has 1 heterocycles. The van der Waals surface area contributed by atoms with Gasteiger partial charge in [0.2, 0.25) is 5.91 Å². The van der Waals surface area contributed by atoms with E-state index >= 15 is 0 Å². The van der Waals surface area contributed by atoms with Gasteiger partial charge in [-0.25, -0.2) is 4.79 Å². The molecule has 0 radical (unpaired) electrons. The predicted octanol–water partition coefficient (Wildman–Crippen LogP) is 2.42. The van der Waals surface area contributed by atoms with Gasteiger partial charge in [-0.15, -0.1) is 0 Å². The van der Waals surface area contributed by atoms with E-state index in [0.29, 0.717) is 29.9 Å². The third-order valence-electron chi connectivity index (χ3n) is 5.23. The Labute approximate surface area is 165 Å². The van der Waals surface area contributed by atoms with Gasteiger partial charge < -0.3 is 20.1 Å². The molecular weight excluding hydrogens is 360 g/mol. The number of ketones is 1. The fourth-order valence-corrected chi connectivity index (χ4v) is 3.64. The second-order valence-electron chi connectivity index (χ2n) is 6.88. The van der Waals surface area contributed by atoms with Gasteiger partial charge in [-0.05, 0) is 18.1 Å². The zero-order chi connectivity index (χ0) is 20.7. The highest BCUT2D eigenvalue weighted by atomic mass is 16.5. The number of amides is 1. The van der Waals surface area contributed by atoms with Crippen LogP contribution < -0.4 is 5.73 Å². The maximum Gasteiger partial charge on any atom is 0.337 e. The molecule has 1 aromatic carbocycles. The van der Waals surface area contributed by atoms with Gasteiger partial charge in [-0.3, -0.25) is 9.59 Å². The van der Waals surface area contributed by atoms with E-state index in [2.05, 4.69) is 0 Å². The molecule has 0 unspecified atom stereocenters. The lowest BCUT2D eigenvalue weighted by atomic mass is 9.78. The number of carbonyl (C=O) groups is 3. The lowest BCUT2D eigenvalue weighted by Crippen LogP contribution is -2.46. The van der Waals surface area contributed by atoms with Gasteiger partial charge in [0.05, 0.1) is 26.1 Å². The number of esters is 1. The van der Waals surface area contributed by atoms with Crippen LogP contribution in [0.1, 0.15) is 36.5 Å². The van der Waals surface area contributed by atoms with Crippen molar-refractivity contribution in [2.24, 2.45) is 11.8 Å². The van der Waals surface area contributed by atoms with Crippen LogP contribution in [0.2, 0.25) is 0 Å². The molecule has 0 spiro atoms. The SMILES string of the molecule is CC[C@H]1CN(CCC(=O)c2ccccc2N)C(=O)C[C@@H]1/C(=C\OC)C(=O)OC. The smallest absolute Gasteiger partial charge is 0.337 e. The molecule has 0 aromatic heterocycles. The summed E-state index contributed by atoms with van der Waals surface area (Å²) in [5, 5.41) is 0. The molecule has 1 aromatic rings. The van der Waals surface area contributed by atoms with Crippen LogP contribution in [0.15, 0.2) is 36.1 Å². The molecule has 2 atom stereocenters. The summed E-state index contributed by atoms with van der Waals surface area (Å²) < 4.78 is 9.87. The van der Waals surface area contributed by atoms with Gasteiger partial charge in [0.25, 0.3) is 0 Å². The molecule has 1 amide bonds. The van der Waals surface area contributed by atoms with Crippen LogP contribution in [0.4, 0.5) is 5.69 Å². The molecule has 1 saturated heterocycles. The van der Waals surface area contributed by atoms with Gasteiger partial charge in [-0.2, -0.15) is 0 Å². The first-order valence-electron chi connectivity index (χ1n) is 9.39. The zero-order valence-corrected chi connectivity index (χ0v) is 16.6. The normalized spacial score (nSPS) is 20.0. The number of piperidine rings is 1. The van der Waals surface area contributed by atoms with E-state index in [9.17, 15) is 14.4 Å². The number of rotatable bonds is 8. The van der Waals surface area contributed by atoms with Crippen molar-refractivity contribution in [2.45, 2.75) is 26.2 Å². The number of para-hydroxylation sites is 1. The van der Waals surface area contributed by atoms with Crippen molar-refractivity contribution in [2.75, 3.05) is 33.0 Å². The summed E-state index contributed by atoms with van der Waals surface area (Å²) in [5.74, 6) is -0.844. The minimum absolute atomic E-state index is 0.0788. The predicted molar refractivity (Wildman–Crippen MR) is 105 cm³/mol. The Kier molecular flexibility index (Phi) is 7.61. The number of hydrogen-bond acceptors (Lipinski definition) is 6.